The van der Waals surface area contributed by atoms with Crippen LogP contribution in [0.25, 0.3) is 0 Å². The number of rotatable bonds is 3. The van der Waals surface area contributed by atoms with Gasteiger partial charge in [0.05, 0.1) is 4.90 Å². The van der Waals surface area contributed by atoms with Crippen molar-refractivity contribution < 1.29 is 13.2 Å². The number of ether oxygens (including phenoxy) is 1. The van der Waals surface area contributed by atoms with Gasteiger partial charge in [0.25, 0.3) is 0 Å². The van der Waals surface area contributed by atoms with Crippen LogP contribution < -0.4 is 15.2 Å². The van der Waals surface area contributed by atoms with E-state index in [0.717, 1.165) is 43.4 Å². The average Bonchev–Trinajstić information content (AvgIpc) is 2.80. The van der Waals surface area contributed by atoms with Crippen LogP contribution in [0.5, 0.6) is 5.75 Å². The normalized spacial score (nSPS) is 29.0. The fraction of sp³-hybridized carbons (Fsp3) is 0.600. The molecule has 0 unspecified atom stereocenters. The summed E-state index contributed by atoms with van der Waals surface area (Å²) in [6.45, 7) is 1.98. The molecule has 1 saturated carbocycles. The standard InChI is InChI=1S/C15H22N2O3S/c1-10-8-11-9-14(6-7-15(11)20-10)21(18,19)17-13-4-2-12(16)3-5-13/h6-7,9-10,12-13,17H,2-5,8,16H2,1H3/t10-,12?,13?/m0/s1. The molecule has 3 rings (SSSR count). The number of sulfonamides is 1. The fourth-order valence-corrected chi connectivity index (χ4v) is 4.45. The van der Waals surface area contributed by atoms with Crippen LogP contribution in [-0.4, -0.2) is 26.6 Å². The van der Waals surface area contributed by atoms with Crippen molar-refractivity contribution in [1.82, 2.24) is 4.72 Å². The molecule has 0 saturated heterocycles. The van der Waals surface area contributed by atoms with Gasteiger partial charge in [-0.05, 0) is 56.4 Å². The number of fused-ring (bicyclic) bond motifs is 1. The SMILES string of the molecule is C[C@H]1Cc2cc(S(=O)(=O)NC3CCC(N)CC3)ccc2O1. The Kier molecular flexibility index (Phi) is 3.94. The number of hydrogen-bond acceptors (Lipinski definition) is 4. The summed E-state index contributed by atoms with van der Waals surface area (Å²) in [7, 11) is -3.46. The molecule has 2 aliphatic rings. The zero-order valence-corrected chi connectivity index (χ0v) is 13.0. The zero-order chi connectivity index (χ0) is 15.0. The Balaban J connectivity index is 1.75. The molecule has 1 aromatic carbocycles. The molecule has 1 heterocycles. The Morgan fingerprint density at radius 2 is 1.95 bits per heavy atom. The largest absolute Gasteiger partial charge is 0.490 e. The van der Waals surface area contributed by atoms with E-state index in [4.69, 9.17) is 10.5 Å². The molecule has 3 N–H and O–H groups in total. The van der Waals surface area contributed by atoms with Crippen molar-refractivity contribution in [2.24, 2.45) is 5.73 Å². The smallest absolute Gasteiger partial charge is 0.240 e. The number of hydrogen-bond donors (Lipinski definition) is 2. The van der Waals surface area contributed by atoms with Crippen molar-refractivity contribution >= 4 is 10.0 Å². The van der Waals surface area contributed by atoms with E-state index in [-0.39, 0.29) is 18.2 Å². The van der Waals surface area contributed by atoms with Gasteiger partial charge in [0, 0.05) is 18.5 Å². The Labute approximate surface area is 125 Å². The molecule has 5 nitrogen and oxygen atoms in total. The van der Waals surface area contributed by atoms with Crippen LogP contribution in [0.1, 0.15) is 38.2 Å². The highest BCUT2D eigenvalue weighted by Gasteiger charge is 2.26. The Morgan fingerprint density at radius 1 is 1.24 bits per heavy atom. The maximum atomic E-state index is 12.5. The average molecular weight is 310 g/mol. The number of benzene rings is 1. The first-order valence-corrected chi connectivity index (χ1v) is 9.00. The second kappa shape index (κ2) is 5.59. The lowest BCUT2D eigenvalue weighted by atomic mass is 9.93. The Morgan fingerprint density at radius 3 is 2.67 bits per heavy atom. The van der Waals surface area contributed by atoms with E-state index in [1.165, 1.54) is 0 Å². The van der Waals surface area contributed by atoms with Crippen LogP contribution in [0, 0.1) is 0 Å². The minimum absolute atomic E-state index is 0.00164. The van der Waals surface area contributed by atoms with Crippen molar-refractivity contribution in [3.63, 3.8) is 0 Å². The van der Waals surface area contributed by atoms with Gasteiger partial charge in [0.2, 0.25) is 10.0 Å². The maximum absolute atomic E-state index is 12.5. The molecule has 1 aliphatic carbocycles. The molecule has 116 valence electrons. The summed E-state index contributed by atoms with van der Waals surface area (Å²) >= 11 is 0. The van der Waals surface area contributed by atoms with Crippen molar-refractivity contribution in [2.45, 2.75) is 62.1 Å². The Bertz CT molecular complexity index is 622. The first kappa shape index (κ1) is 14.8. The van der Waals surface area contributed by atoms with Crippen LogP contribution in [-0.2, 0) is 16.4 Å². The summed E-state index contributed by atoms with van der Waals surface area (Å²) in [6.07, 6.45) is 4.25. The number of nitrogens with one attached hydrogen (secondary N) is 1. The van der Waals surface area contributed by atoms with Gasteiger partial charge >= 0.3 is 0 Å². The summed E-state index contributed by atoms with van der Waals surface area (Å²) in [5.41, 5.74) is 6.82. The quantitative estimate of drug-likeness (QED) is 0.887. The molecule has 1 atom stereocenters. The van der Waals surface area contributed by atoms with E-state index >= 15 is 0 Å². The van der Waals surface area contributed by atoms with E-state index < -0.39 is 10.0 Å². The lowest BCUT2D eigenvalue weighted by molar-refractivity contribution is 0.254. The highest BCUT2D eigenvalue weighted by molar-refractivity contribution is 7.89. The first-order chi connectivity index (χ1) is 9.94. The lowest BCUT2D eigenvalue weighted by Crippen LogP contribution is -2.40. The maximum Gasteiger partial charge on any atom is 0.240 e. The van der Waals surface area contributed by atoms with Gasteiger partial charge in [-0.15, -0.1) is 0 Å². The van der Waals surface area contributed by atoms with Crippen molar-refractivity contribution in [1.29, 1.82) is 0 Å². The molecule has 0 aromatic heterocycles. The first-order valence-electron chi connectivity index (χ1n) is 7.51. The molecule has 21 heavy (non-hydrogen) atoms. The minimum atomic E-state index is -3.46. The molecule has 0 spiro atoms. The summed E-state index contributed by atoms with van der Waals surface area (Å²) < 4.78 is 33.4. The minimum Gasteiger partial charge on any atom is -0.490 e. The molecule has 0 radical (unpaired) electrons. The highest BCUT2D eigenvalue weighted by Crippen LogP contribution is 2.31. The molecule has 0 amide bonds. The molecule has 1 aliphatic heterocycles. The van der Waals surface area contributed by atoms with Crippen molar-refractivity contribution in [3.05, 3.63) is 23.8 Å². The second-order valence-electron chi connectivity index (χ2n) is 6.14. The second-order valence-corrected chi connectivity index (χ2v) is 7.85. The van der Waals surface area contributed by atoms with Crippen LogP contribution in [0.15, 0.2) is 23.1 Å². The van der Waals surface area contributed by atoms with Gasteiger partial charge < -0.3 is 10.5 Å². The van der Waals surface area contributed by atoms with E-state index in [9.17, 15) is 8.42 Å². The van der Waals surface area contributed by atoms with Gasteiger partial charge in [-0.25, -0.2) is 13.1 Å². The number of nitrogens with two attached hydrogens (primary N) is 1. The van der Waals surface area contributed by atoms with Gasteiger partial charge in [-0.1, -0.05) is 0 Å². The summed E-state index contributed by atoms with van der Waals surface area (Å²) in [4.78, 5) is 0.328. The predicted octanol–water partition coefficient (Wildman–Crippen LogP) is 1.56. The molecular formula is C15H22N2O3S. The van der Waals surface area contributed by atoms with Crippen LogP contribution in [0.2, 0.25) is 0 Å². The molecule has 6 heteroatoms. The van der Waals surface area contributed by atoms with Crippen molar-refractivity contribution in [3.8, 4) is 5.75 Å². The van der Waals surface area contributed by atoms with Gasteiger partial charge in [-0.3, -0.25) is 0 Å². The fourth-order valence-electron chi connectivity index (χ4n) is 3.09. The third kappa shape index (κ3) is 3.22. The highest BCUT2D eigenvalue weighted by atomic mass is 32.2. The Hall–Kier alpha value is -1.11. The van der Waals surface area contributed by atoms with Crippen molar-refractivity contribution in [2.75, 3.05) is 0 Å². The zero-order valence-electron chi connectivity index (χ0n) is 12.2. The predicted molar refractivity (Wildman–Crippen MR) is 80.8 cm³/mol. The van der Waals surface area contributed by atoms with Crippen LogP contribution in [0.4, 0.5) is 0 Å². The van der Waals surface area contributed by atoms with E-state index in [1.54, 1.807) is 18.2 Å². The monoisotopic (exact) mass is 310 g/mol. The topological polar surface area (TPSA) is 81.4 Å². The third-order valence-corrected chi connectivity index (χ3v) is 5.79. The van der Waals surface area contributed by atoms with Crippen LogP contribution in [0.3, 0.4) is 0 Å². The van der Waals surface area contributed by atoms with E-state index in [2.05, 4.69) is 4.72 Å². The van der Waals surface area contributed by atoms with Gasteiger partial charge in [-0.2, -0.15) is 0 Å². The molecule has 0 bridgehead atoms. The molecular weight excluding hydrogens is 288 g/mol. The molecule has 1 fully saturated rings. The summed E-state index contributed by atoms with van der Waals surface area (Å²) in [6, 6.07) is 5.32. The van der Waals surface area contributed by atoms with E-state index in [0.29, 0.717) is 4.90 Å². The van der Waals surface area contributed by atoms with Gasteiger partial charge in [0.15, 0.2) is 0 Å². The lowest BCUT2D eigenvalue weighted by Gasteiger charge is -2.26. The molecule has 1 aromatic rings. The summed E-state index contributed by atoms with van der Waals surface area (Å²) in [5, 5.41) is 0. The van der Waals surface area contributed by atoms with E-state index in [1.807, 2.05) is 6.92 Å². The van der Waals surface area contributed by atoms with Crippen LogP contribution >= 0.6 is 0 Å². The van der Waals surface area contributed by atoms with Gasteiger partial charge in [0.1, 0.15) is 11.9 Å². The summed E-state index contributed by atoms with van der Waals surface area (Å²) in [5.74, 6) is 0.796. The third-order valence-electron chi connectivity index (χ3n) is 4.27.